The zero-order valence-corrected chi connectivity index (χ0v) is 18.1. The topological polar surface area (TPSA) is 44.8 Å². The number of rotatable bonds is 5. The third-order valence-electron chi connectivity index (χ3n) is 4.53. The molecule has 0 radical (unpaired) electrons. The molecule has 4 nitrogen and oxygen atoms in total. The van der Waals surface area contributed by atoms with Crippen molar-refractivity contribution in [3.05, 3.63) is 92.4 Å². The number of methoxy groups -OCH3 is 1. The second-order valence-electron chi connectivity index (χ2n) is 6.51. The van der Waals surface area contributed by atoms with Crippen molar-refractivity contribution in [2.75, 3.05) is 7.11 Å². The first-order chi connectivity index (χ1) is 14.4. The highest BCUT2D eigenvalue weighted by molar-refractivity contribution is 9.10. The predicted molar refractivity (Wildman–Crippen MR) is 116 cm³/mol. The van der Waals surface area contributed by atoms with Crippen molar-refractivity contribution in [3.8, 4) is 17.2 Å². The van der Waals surface area contributed by atoms with Gasteiger partial charge >= 0.3 is 0 Å². The summed E-state index contributed by atoms with van der Waals surface area (Å²) in [4.78, 5) is 12.7. The summed E-state index contributed by atoms with van der Waals surface area (Å²) in [6.07, 6.45) is 1.64. The van der Waals surface area contributed by atoms with Crippen LogP contribution in [0, 0.1) is 5.82 Å². The summed E-state index contributed by atoms with van der Waals surface area (Å²) in [5.74, 6) is 1.10. The normalized spacial score (nSPS) is 13.9. The van der Waals surface area contributed by atoms with Gasteiger partial charge in [0.05, 0.1) is 17.7 Å². The summed E-state index contributed by atoms with van der Waals surface area (Å²) in [6, 6.07) is 14.6. The number of ether oxygens (including phenoxy) is 3. The van der Waals surface area contributed by atoms with Gasteiger partial charge in [-0.3, -0.25) is 4.79 Å². The van der Waals surface area contributed by atoms with Crippen molar-refractivity contribution in [2.45, 2.75) is 6.61 Å². The highest BCUT2D eigenvalue weighted by Gasteiger charge is 2.28. The van der Waals surface area contributed by atoms with Gasteiger partial charge in [0.1, 0.15) is 29.7 Å². The molecule has 0 aliphatic carbocycles. The molecule has 0 saturated heterocycles. The van der Waals surface area contributed by atoms with E-state index in [1.165, 1.54) is 12.1 Å². The van der Waals surface area contributed by atoms with Crippen LogP contribution in [0.2, 0.25) is 5.02 Å². The zero-order chi connectivity index (χ0) is 21.3. The molecule has 1 heterocycles. The summed E-state index contributed by atoms with van der Waals surface area (Å²) < 4.78 is 30.9. The lowest BCUT2D eigenvalue weighted by molar-refractivity contribution is 0.101. The van der Waals surface area contributed by atoms with Crippen molar-refractivity contribution >= 4 is 39.4 Å². The van der Waals surface area contributed by atoms with E-state index in [0.717, 1.165) is 4.47 Å². The minimum atomic E-state index is -0.408. The minimum absolute atomic E-state index is 0.157. The molecule has 0 unspecified atom stereocenters. The maximum absolute atomic E-state index is 13.2. The number of allylic oxidation sites excluding steroid dienone is 1. The third-order valence-corrected chi connectivity index (χ3v) is 5.37. The first kappa shape index (κ1) is 20.4. The number of carbonyl (C=O) groups is 1. The number of hydrogen-bond donors (Lipinski definition) is 0. The maximum Gasteiger partial charge on any atom is 0.231 e. The molecule has 0 spiro atoms. The lowest BCUT2D eigenvalue weighted by atomic mass is 10.1. The van der Waals surface area contributed by atoms with Gasteiger partial charge < -0.3 is 14.2 Å². The first-order valence-corrected chi connectivity index (χ1v) is 10.1. The van der Waals surface area contributed by atoms with Gasteiger partial charge in [0.2, 0.25) is 5.78 Å². The average Bonchev–Trinajstić information content (AvgIpc) is 3.02. The van der Waals surface area contributed by atoms with E-state index in [-0.39, 0.29) is 23.2 Å². The molecule has 30 heavy (non-hydrogen) atoms. The van der Waals surface area contributed by atoms with Gasteiger partial charge in [-0.1, -0.05) is 33.6 Å². The van der Waals surface area contributed by atoms with Crippen LogP contribution < -0.4 is 14.2 Å². The lowest BCUT2D eigenvalue weighted by Gasteiger charge is -2.09. The van der Waals surface area contributed by atoms with Crippen LogP contribution in [0.1, 0.15) is 21.5 Å². The highest BCUT2D eigenvalue weighted by Crippen LogP contribution is 2.36. The van der Waals surface area contributed by atoms with Crippen molar-refractivity contribution in [1.82, 2.24) is 0 Å². The number of ketones is 1. The van der Waals surface area contributed by atoms with Crippen LogP contribution in [0.4, 0.5) is 4.39 Å². The van der Waals surface area contributed by atoms with Gasteiger partial charge in [-0.25, -0.2) is 4.39 Å². The largest absolute Gasteiger partial charge is 0.496 e. The molecule has 0 bridgehead atoms. The second kappa shape index (κ2) is 8.50. The van der Waals surface area contributed by atoms with Gasteiger partial charge in [0, 0.05) is 21.7 Å². The van der Waals surface area contributed by atoms with E-state index < -0.39 is 5.82 Å². The molecule has 0 aromatic heterocycles. The summed E-state index contributed by atoms with van der Waals surface area (Å²) in [5, 5.41) is 0.288. The van der Waals surface area contributed by atoms with E-state index in [0.29, 0.717) is 33.9 Å². The van der Waals surface area contributed by atoms with Crippen molar-refractivity contribution < 1.29 is 23.4 Å². The summed E-state index contributed by atoms with van der Waals surface area (Å²) >= 11 is 9.45. The monoisotopic (exact) mass is 488 g/mol. The van der Waals surface area contributed by atoms with E-state index in [9.17, 15) is 9.18 Å². The quantitative estimate of drug-likeness (QED) is 0.387. The molecule has 4 rings (SSSR count). The molecule has 3 aromatic carbocycles. The Balaban J connectivity index is 1.55. The Labute approximate surface area is 186 Å². The smallest absolute Gasteiger partial charge is 0.231 e. The molecular weight excluding hydrogens is 475 g/mol. The first-order valence-electron chi connectivity index (χ1n) is 8.93. The highest BCUT2D eigenvalue weighted by atomic mass is 79.9. The van der Waals surface area contributed by atoms with E-state index in [2.05, 4.69) is 15.9 Å². The Kier molecular flexibility index (Phi) is 5.79. The van der Waals surface area contributed by atoms with Crippen LogP contribution in [0.25, 0.3) is 6.08 Å². The van der Waals surface area contributed by atoms with Gasteiger partial charge in [0.25, 0.3) is 0 Å². The van der Waals surface area contributed by atoms with E-state index >= 15 is 0 Å². The molecule has 3 aromatic rings. The van der Waals surface area contributed by atoms with E-state index in [1.54, 1.807) is 43.5 Å². The van der Waals surface area contributed by atoms with Crippen molar-refractivity contribution in [1.29, 1.82) is 0 Å². The number of halogens is 3. The Morgan fingerprint density at radius 1 is 1.13 bits per heavy atom. The Bertz CT molecular complexity index is 1180. The molecule has 152 valence electrons. The SMILES string of the molecule is COc1ccc(Br)cc1/C=C1\Oc2cc(OCc3ccc(F)cc3Cl)ccc2C1=O. The second-order valence-corrected chi connectivity index (χ2v) is 7.83. The fourth-order valence-corrected chi connectivity index (χ4v) is 3.62. The summed E-state index contributed by atoms with van der Waals surface area (Å²) in [5.41, 5.74) is 1.81. The van der Waals surface area contributed by atoms with Crippen LogP contribution >= 0.6 is 27.5 Å². The van der Waals surface area contributed by atoms with Crippen LogP contribution in [-0.2, 0) is 6.61 Å². The van der Waals surface area contributed by atoms with E-state index in [1.807, 2.05) is 12.1 Å². The number of fused-ring (bicyclic) bond motifs is 1. The Morgan fingerprint density at radius 3 is 2.73 bits per heavy atom. The zero-order valence-electron chi connectivity index (χ0n) is 15.7. The number of hydrogen-bond acceptors (Lipinski definition) is 4. The van der Waals surface area contributed by atoms with Crippen molar-refractivity contribution in [2.24, 2.45) is 0 Å². The van der Waals surface area contributed by atoms with Crippen LogP contribution in [-0.4, -0.2) is 12.9 Å². The van der Waals surface area contributed by atoms with Crippen LogP contribution in [0.15, 0.2) is 64.8 Å². The molecule has 0 amide bonds. The number of carbonyl (C=O) groups excluding carboxylic acids is 1. The maximum atomic E-state index is 13.2. The van der Waals surface area contributed by atoms with Gasteiger partial charge in [-0.2, -0.15) is 0 Å². The van der Waals surface area contributed by atoms with E-state index in [4.69, 9.17) is 25.8 Å². The van der Waals surface area contributed by atoms with Crippen LogP contribution in [0.5, 0.6) is 17.2 Å². The predicted octanol–water partition coefficient (Wildman–Crippen LogP) is 6.45. The molecule has 0 atom stereocenters. The molecule has 1 aliphatic rings. The minimum Gasteiger partial charge on any atom is -0.496 e. The van der Waals surface area contributed by atoms with Crippen molar-refractivity contribution in [3.63, 3.8) is 0 Å². The lowest BCUT2D eigenvalue weighted by Crippen LogP contribution is -1.99. The van der Waals surface area contributed by atoms with Crippen LogP contribution in [0.3, 0.4) is 0 Å². The summed E-state index contributed by atoms with van der Waals surface area (Å²) in [7, 11) is 1.56. The summed E-state index contributed by atoms with van der Waals surface area (Å²) in [6.45, 7) is 0.157. The molecule has 0 N–H and O–H groups in total. The molecule has 1 aliphatic heterocycles. The Morgan fingerprint density at radius 2 is 1.97 bits per heavy atom. The standard InChI is InChI=1S/C23H15BrClFO4/c1-28-20-7-3-15(24)8-14(20)9-22-23(27)18-6-5-17(11-21(18)30-22)29-12-13-2-4-16(26)10-19(13)25/h2-11H,12H2,1H3/b22-9-. The van der Waals surface area contributed by atoms with Gasteiger partial charge in [0.15, 0.2) is 5.76 Å². The molecule has 7 heteroatoms. The fourth-order valence-electron chi connectivity index (χ4n) is 3.02. The van der Waals surface area contributed by atoms with Gasteiger partial charge in [-0.15, -0.1) is 0 Å². The number of benzene rings is 3. The molecule has 0 fully saturated rings. The average molecular weight is 490 g/mol. The third kappa shape index (κ3) is 4.20. The Hall–Kier alpha value is -2.83. The fraction of sp³-hybridized carbons (Fsp3) is 0.0870. The molecular formula is C23H15BrClFO4. The molecule has 0 saturated carbocycles. The number of Topliss-reactive ketones (excluding diaryl/α,β-unsaturated/α-hetero) is 1. The van der Waals surface area contributed by atoms with Gasteiger partial charge in [-0.05, 0) is 48.5 Å².